The standard InChI is InChI=1S/C20H27N7O/c1-20(2,3)16-5-6-17-22-23-18(27(17)24-16)15-7-9-26(10-8-15)13-14-11-21-19(28)25(4)12-14/h5-6,11-12,15H,7-10,13H2,1-4H3. The summed E-state index contributed by atoms with van der Waals surface area (Å²) in [6, 6.07) is 4.05. The Kier molecular flexibility index (Phi) is 4.74. The third kappa shape index (κ3) is 3.69. The molecular formula is C20H27N7O. The Labute approximate surface area is 164 Å². The minimum Gasteiger partial charge on any atom is -0.302 e. The van der Waals surface area contributed by atoms with Crippen LogP contribution in [-0.2, 0) is 19.0 Å². The second-order valence-corrected chi connectivity index (χ2v) is 8.70. The van der Waals surface area contributed by atoms with Crippen LogP contribution in [-0.4, -0.2) is 47.4 Å². The molecule has 8 heteroatoms. The fourth-order valence-electron chi connectivity index (χ4n) is 3.72. The normalized spacial score (nSPS) is 16.7. The van der Waals surface area contributed by atoms with Crippen molar-refractivity contribution in [2.45, 2.75) is 51.5 Å². The van der Waals surface area contributed by atoms with Crippen LogP contribution in [0.3, 0.4) is 0 Å². The first-order valence-corrected chi connectivity index (χ1v) is 9.78. The molecule has 1 aliphatic rings. The van der Waals surface area contributed by atoms with Gasteiger partial charge in [-0.15, -0.1) is 10.2 Å². The molecule has 0 amide bonds. The van der Waals surface area contributed by atoms with Crippen LogP contribution in [0.4, 0.5) is 0 Å². The Balaban J connectivity index is 1.47. The summed E-state index contributed by atoms with van der Waals surface area (Å²) in [5.41, 5.74) is 2.68. The SMILES string of the molecule is Cn1cc(CN2CCC(c3nnc4ccc(C(C)(C)C)nn34)CC2)cnc1=O. The van der Waals surface area contributed by atoms with Crippen LogP contribution in [0.5, 0.6) is 0 Å². The van der Waals surface area contributed by atoms with E-state index in [-0.39, 0.29) is 11.1 Å². The van der Waals surface area contributed by atoms with Crippen LogP contribution in [0.15, 0.2) is 29.3 Å². The van der Waals surface area contributed by atoms with Gasteiger partial charge in [-0.1, -0.05) is 20.8 Å². The Hall–Kier alpha value is -2.61. The highest BCUT2D eigenvalue weighted by Gasteiger charge is 2.26. The molecule has 0 spiro atoms. The van der Waals surface area contributed by atoms with E-state index in [1.54, 1.807) is 13.2 Å². The second-order valence-electron chi connectivity index (χ2n) is 8.70. The summed E-state index contributed by atoms with van der Waals surface area (Å²) >= 11 is 0. The summed E-state index contributed by atoms with van der Waals surface area (Å²) in [5, 5.41) is 13.6. The Morgan fingerprint density at radius 2 is 1.89 bits per heavy atom. The number of aryl methyl sites for hydroxylation is 1. The fraction of sp³-hybridized carbons (Fsp3) is 0.550. The summed E-state index contributed by atoms with van der Waals surface area (Å²) in [5.74, 6) is 1.32. The van der Waals surface area contributed by atoms with Crippen LogP contribution in [0.25, 0.3) is 5.65 Å². The highest BCUT2D eigenvalue weighted by Crippen LogP contribution is 2.28. The molecule has 3 aromatic rings. The average molecular weight is 381 g/mol. The maximum Gasteiger partial charge on any atom is 0.347 e. The molecule has 0 aromatic carbocycles. The predicted molar refractivity (Wildman–Crippen MR) is 106 cm³/mol. The van der Waals surface area contributed by atoms with E-state index >= 15 is 0 Å². The summed E-state index contributed by atoms with van der Waals surface area (Å²) in [6.07, 6.45) is 5.58. The monoisotopic (exact) mass is 381 g/mol. The number of hydrogen-bond acceptors (Lipinski definition) is 6. The summed E-state index contributed by atoms with van der Waals surface area (Å²) in [6.45, 7) is 9.25. The van der Waals surface area contributed by atoms with E-state index in [0.717, 1.165) is 55.2 Å². The lowest BCUT2D eigenvalue weighted by Gasteiger charge is -2.31. The highest BCUT2D eigenvalue weighted by atomic mass is 16.1. The molecular weight excluding hydrogens is 354 g/mol. The lowest BCUT2D eigenvalue weighted by atomic mass is 9.92. The van der Waals surface area contributed by atoms with Gasteiger partial charge in [0.15, 0.2) is 11.5 Å². The number of aromatic nitrogens is 6. The van der Waals surface area contributed by atoms with Gasteiger partial charge in [-0.05, 0) is 38.1 Å². The molecule has 8 nitrogen and oxygen atoms in total. The van der Waals surface area contributed by atoms with E-state index in [1.165, 1.54) is 4.57 Å². The van der Waals surface area contributed by atoms with Gasteiger partial charge in [0.05, 0.1) is 5.69 Å². The minimum atomic E-state index is -0.219. The number of piperidine rings is 1. The van der Waals surface area contributed by atoms with Crippen LogP contribution in [0.2, 0.25) is 0 Å². The lowest BCUT2D eigenvalue weighted by molar-refractivity contribution is 0.200. The average Bonchev–Trinajstić information content (AvgIpc) is 3.08. The van der Waals surface area contributed by atoms with E-state index in [1.807, 2.05) is 22.8 Å². The molecule has 4 heterocycles. The molecule has 1 aliphatic heterocycles. The molecule has 1 saturated heterocycles. The van der Waals surface area contributed by atoms with E-state index in [4.69, 9.17) is 5.10 Å². The first kappa shape index (κ1) is 18.7. The summed E-state index contributed by atoms with van der Waals surface area (Å²) in [7, 11) is 1.74. The maximum absolute atomic E-state index is 11.4. The predicted octanol–water partition coefficient (Wildman–Crippen LogP) is 1.90. The Morgan fingerprint density at radius 1 is 1.14 bits per heavy atom. The quantitative estimate of drug-likeness (QED) is 0.689. The van der Waals surface area contributed by atoms with Gasteiger partial charge in [-0.3, -0.25) is 4.90 Å². The summed E-state index contributed by atoms with van der Waals surface area (Å²) in [4.78, 5) is 17.8. The third-order valence-electron chi connectivity index (χ3n) is 5.42. The van der Waals surface area contributed by atoms with Crippen molar-refractivity contribution in [3.05, 3.63) is 52.1 Å². The van der Waals surface area contributed by atoms with Gasteiger partial charge >= 0.3 is 5.69 Å². The number of nitrogens with zero attached hydrogens (tertiary/aromatic N) is 7. The topological polar surface area (TPSA) is 81.2 Å². The van der Waals surface area contributed by atoms with Crippen molar-refractivity contribution in [3.8, 4) is 0 Å². The molecule has 28 heavy (non-hydrogen) atoms. The molecule has 0 atom stereocenters. The van der Waals surface area contributed by atoms with Crippen molar-refractivity contribution < 1.29 is 0 Å². The van der Waals surface area contributed by atoms with Gasteiger partial charge in [0.25, 0.3) is 0 Å². The van der Waals surface area contributed by atoms with Crippen LogP contribution in [0, 0.1) is 0 Å². The van der Waals surface area contributed by atoms with Crippen LogP contribution < -0.4 is 5.69 Å². The molecule has 1 fully saturated rings. The van der Waals surface area contributed by atoms with Crippen molar-refractivity contribution in [3.63, 3.8) is 0 Å². The maximum atomic E-state index is 11.4. The van der Waals surface area contributed by atoms with Gasteiger partial charge in [-0.2, -0.15) is 9.61 Å². The molecule has 0 saturated carbocycles. The van der Waals surface area contributed by atoms with E-state index in [9.17, 15) is 4.79 Å². The number of hydrogen-bond donors (Lipinski definition) is 0. The highest BCUT2D eigenvalue weighted by molar-refractivity contribution is 5.37. The largest absolute Gasteiger partial charge is 0.347 e. The third-order valence-corrected chi connectivity index (χ3v) is 5.42. The molecule has 3 aromatic heterocycles. The zero-order valence-electron chi connectivity index (χ0n) is 17.0. The zero-order chi connectivity index (χ0) is 19.9. The van der Waals surface area contributed by atoms with Gasteiger partial charge in [0.1, 0.15) is 0 Å². The molecule has 0 radical (unpaired) electrons. The molecule has 148 valence electrons. The molecule has 0 aliphatic carbocycles. The van der Waals surface area contributed by atoms with E-state index in [2.05, 4.69) is 40.9 Å². The smallest absolute Gasteiger partial charge is 0.302 e. The van der Waals surface area contributed by atoms with Gasteiger partial charge < -0.3 is 4.57 Å². The minimum absolute atomic E-state index is 0.0110. The van der Waals surface area contributed by atoms with Crippen molar-refractivity contribution in [1.29, 1.82) is 0 Å². The Bertz CT molecular complexity index is 1040. The molecule has 4 rings (SSSR count). The lowest BCUT2D eigenvalue weighted by Crippen LogP contribution is -2.33. The Morgan fingerprint density at radius 3 is 2.57 bits per heavy atom. The van der Waals surface area contributed by atoms with Crippen molar-refractivity contribution in [2.75, 3.05) is 13.1 Å². The molecule has 0 unspecified atom stereocenters. The first-order chi connectivity index (χ1) is 13.3. The van der Waals surface area contributed by atoms with E-state index < -0.39 is 0 Å². The number of fused-ring (bicyclic) bond motifs is 1. The van der Waals surface area contributed by atoms with E-state index in [0.29, 0.717) is 5.92 Å². The molecule has 0 N–H and O–H groups in total. The van der Waals surface area contributed by atoms with Crippen LogP contribution in [0.1, 0.15) is 56.6 Å². The van der Waals surface area contributed by atoms with Crippen molar-refractivity contribution in [1.82, 2.24) is 34.3 Å². The molecule has 0 bridgehead atoms. The number of likely N-dealkylation sites (tertiary alicyclic amines) is 1. The second kappa shape index (κ2) is 7.09. The van der Waals surface area contributed by atoms with Gasteiger partial charge in [-0.25, -0.2) is 9.78 Å². The summed E-state index contributed by atoms with van der Waals surface area (Å²) < 4.78 is 3.46. The van der Waals surface area contributed by atoms with Crippen molar-refractivity contribution in [2.24, 2.45) is 7.05 Å². The van der Waals surface area contributed by atoms with Crippen molar-refractivity contribution >= 4 is 5.65 Å². The van der Waals surface area contributed by atoms with Gasteiger partial charge in [0.2, 0.25) is 0 Å². The van der Waals surface area contributed by atoms with Crippen LogP contribution >= 0.6 is 0 Å². The van der Waals surface area contributed by atoms with Gasteiger partial charge in [0, 0.05) is 42.9 Å². The zero-order valence-corrected chi connectivity index (χ0v) is 17.0. The fourth-order valence-corrected chi connectivity index (χ4v) is 3.72. The number of rotatable bonds is 3. The first-order valence-electron chi connectivity index (χ1n) is 9.78.